The molecule has 6 nitrogen and oxygen atoms in total. The lowest BCUT2D eigenvalue weighted by Gasteiger charge is -2.13. The van der Waals surface area contributed by atoms with Gasteiger partial charge in [-0.15, -0.1) is 22.7 Å². The minimum absolute atomic E-state index is 0.149. The fourth-order valence-electron chi connectivity index (χ4n) is 4.49. The number of nitrogens with one attached hydrogen (secondary N) is 2. The highest BCUT2D eigenvalue weighted by Crippen LogP contribution is 2.38. The van der Waals surface area contributed by atoms with Gasteiger partial charge < -0.3 is 10.3 Å². The average Bonchev–Trinajstić information content (AvgIpc) is 3.39. The molecule has 2 aliphatic carbocycles. The minimum atomic E-state index is -0.202. The standard InChI is InChI=1S/C23H20N4O2S3/c28-17(24-23-25-18-13-6-2-1-5-12(13)9-10-16(18)32-23)11-30-22-26-19-14-7-3-4-8-15(14)31-20(19)21(29)27-22/h1-2,5-6H,3-4,7-11H2,(H,24,25,28)(H,26,27,29). The van der Waals surface area contributed by atoms with Crippen LogP contribution in [0, 0.1) is 0 Å². The number of rotatable bonds is 4. The minimum Gasteiger partial charge on any atom is -0.333 e. The highest BCUT2D eigenvalue weighted by Gasteiger charge is 2.22. The van der Waals surface area contributed by atoms with Crippen molar-refractivity contribution in [1.29, 1.82) is 0 Å². The van der Waals surface area contributed by atoms with Crippen molar-refractivity contribution in [1.82, 2.24) is 15.0 Å². The van der Waals surface area contributed by atoms with E-state index in [0.717, 1.165) is 48.9 Å². The normalized spacial score (nSPS) is 14.6. The molecule has 2 N–H and O–H groups in total. The fraction of sp³-hybridized carbons (Fsp3) is 0.304. The molecule has 0 unspecified atom stereocenters. The first-order chi connectivity index (χ1) is 15.7. The number of amides is 1. The van der Waals surface area contributed by atoms with Crippen molar-refractivity contribution in [3.63, 3.8) is 0 Å². The Bertz CT molecular complexity index is 1420. The molecule has 6 rings (SSSR count). The molecular formula is C23H20N4O2S3. The van der Waals surface area contributed by atoms with Crippen LogP contribution in [0.1, 0.15) is 33.7 Å². The summed E-state index contributed by atoms with van der Waals surface area (Å²) >= 11 is 4.37. The number of carbonyl (C=O) groups excluding carboxylic acids is 1. The molecule has 2 aliphatic rings. The predicted octanol–water partition coefficient (Wildman–Crippen LogP) is 4.82. The van der Waals surface area contributed by atoms with Crippen LogP contribution in [0.5, 0.6) is 0 Å². The topological polar surface area (TPSA) is 87.7 Å². The molecule has 0 radical (unpaired) electrons. The number of hydrogen-bond donors (Lipinski definition) is 2. The van der Waals surface area contributed by atoms with Gasteiger partial charge in [0.05, 0.1) is 17.0 Å². The summed E-state index contributed by atoms with van der Waals surface area (Å²) in [4.78, 5) is 39.8. The van der Waals surface area contributed by atoms with Crippen molar-refractivity contribution in [2.75, 3.05) is 11.1 Å². The number of carbonyl (C=O) groups is 1. The van der Waals surface area contributed by atoms with E-state index in [0.29, 0.717) is 15.0 Å². The highest BCUT2D eigenvalue weighted by atomic mass is 32.2. The van der Waals surface area contributed by atoms with Gasteiger partial charge >= 0.3 is 0 Å². The Hall–Kier alpha value is -2.49. The number of thiazole rings is 1. The van der Waals surface area contributed by atoms with Crippen LogP contribution in [0.3, 0.4) is 0 Å². The van der Waals surface area contributed by atoms with Gasteiger partial charge in [-0.25, -0.2) is 4.98 Å². The first kappa shape index (κ1) is 20.1. The van der Waals surface area contributed by atoms with Crippen LogP contribution in [0.2, 0.25) is 0 Å². The molecule has 4 aromatic rings. The summed E-state index contributed by atoms with van der Waals surface area (Å²) in [5.74, 6) is 0.0196. The Kier molecular flexibility index (Phi) is 5.12. The lowest BCUT2D eigenvalue weighted by molar-refractivity contribution is -0.113. The number of fused-ring (bicyclic) bond motifs is 6. The summed E-state index contributed by atoms with van der Waals surface area (Å²) in [5, 5.41) is 4.05. The highest BCUT2D eigenvalue weighted by molar-refractivity contribution is 7.99. The largest absolute Gasteiger partial charge is 0.333 e. The second-order valence-electron chi connectivity index (χ2n) is 8.05. The van der Waals surface area contributed by atoms with Crippen molar-refractivity contribution in [2.24, 2.45) is 0 Å². The molecule has 1 aromatic carbocycles. The van der Waals surface area contributed by atoms with Gasteiger partial charge in [0.15, 0.2) is 10.3 Å². The first-order valence-corrected chi connectivity index (χ1v) is 13.3. The van der Waals surface area contributed by atoms with Gasteiger partial charge in [-0.05, 0) is 49.7 Å². The molecule has 0 saturated heterocycles. The summed E-state index contributed by atoms with van der Waals surface area (Å²) in [6, 6.07) is 8.31. The smallest absolute Gasteiger partial charge is 0.291 e. The first-order valence-electron chi connectivity index (χ1n) is 10.7. The third kappa shape index (κ3) is 3.58. The molecule has 32 heavy (non-hydrogen) atoms. The monoisotopic (exact) mass is 480 g/mol. The van der Waals surface area contributed by atoms with Crippen LogP contribution in [0.4, 0.5) is 5.13 Å². The molecule has 3 heterocycles. The summed E-state index contributed by atoms with van der Waals surface area (Å²) in [7, 11) is 0. The Morgan fingerprint density at radius 1 is 1.06 bits per heavy atom. The zero-order valence-electron chi connectivity index (χ0n) is 17.2. The van der Waals surface area contributed by atoms with E-state index in [-0.39, 0.29) is 17.2 Å². The third-order valence-electron chi connectivity index (χ3n) is 5.98. The maximum atomic E-state index is 12.6. The van der Waals surface area contributed by atoms with Gasteiger partial charge in [0.1, 0.15) is 4.70 Å². The lowest BCUT2D eigenvalue weighted by atomic mass is 9.94. The zero-order chi connectivity index (χ0) is 21.7. The average molecular weight is 481 g/mol. The van der Waals surface area contributed by atoms with Crippen LogP contribution in [-0.2, 0) is 30.5 Å². The van der Waals surface area contributed by atoms with E-state index in [1.807, 2.05) is 6.07 Å². The molecule has 0 saturated carbocycles. The predicted molar refractivity (Wildman–Crippen MR) is 131 cm³/mol. The van der Waals surface area contributed by atoms with E-state index in [1.54, 1.807) is 22.7 Å². The molecule has 0 fully saturated rings. The van der Waals surface area contributed by atoms with E-state index in [2.05, 4.69) is 38.5 Å². The molecule has 1 amide bonds. The number of aryl methyl sites for hydroxylation is 4. The van der Waals surface area contributed by atoms with Crippen LogP contribution in [0.25, 0.3) is 21.5 Å². The van der Waals surface area contributed by atoms with Crippen LogP contribution < -0.4 is 10.9 Å². The van der Waals surface area contributed by atoms with Crippen molar-refractivity contribution >= 4 is 55.7 Å². The van der Waals surface area contributed by atoms with E-state index < -0.39 is 0 Å². The van der Waals surface area contributed by atoms with Crippen LogP contribution in [-0.4, -0.2) is 26.6 Å². The summed E-state index contributed by atoms with van der Waals surface area (Å²) in [5.41, 5.74) is 5.43. The molecule has 3 aromatic heterocycles. The maximum absolute atomic E-state index is 12.6. The van der Waals surface area contributed by atoms with Gasteiger partial charge in [-0.1, -0.05) is 36.0 Å². The zero-order valence-corrected chi connectivity index (χ0v) is 19.6. The second kappa shape index (κ2) is 8.13. The quantitative estimate of drug-likeness (QED) is 0.323. The summed E-state index contributed by atoms with van der Waals surface area (Å²) in [6.07, 6.45) is 6.31. The number of aromatic nitrogens is 3. The number of thiophene rings is 1. The Morgan fingerprint density at radius 3 is 2.88 bits per heavy atom. The number of nitrogens with zero attached hydrogens (tertiary/aromatic N) is 2. The number of aromatic amines is 1. The number of benzene rings is 1. The molecule has 0 atom stereocenters. The number of thioether (sulfide) groups is 1. The van der Waals surface area contributed by atoms with Crippen molar-refractivity contribution in [2.45, 2.75) is 43.7 Å². The maximum Gasteiger partial charge on any atom is 0.291 e. The van der Waals surface area contributed by atoms with E-state index in [1.165, 1.54) is 39.1 Å². The van der Waals surface area contributed by atoms with Gasteiger partial charge in [0, 0.05) is 15.3 Å². The fourth-order valence-corrected chi connectivity index (χ4v) is 7.37. The van der Waals surface area contributed by atoms with E-state index in [4.69, 9.17) is 0 Å². The van der Waals surface area contributed by atoms with Gasteiger partial charge in [-0.2, -0.15) is 4.98 Å². The molecule has 0 aliphatic heterocycles. The van der Waals surface area contributed by atoms with E-state index in [9.17, 15) is 9.59 Å². The summed E-state index contributed by atoms with van der Waals surface area (Å²) in [6.45, 7) is 0. The van der Waals surface area contributed by atoms with Crippen LogP contribution >= 0.6 is 34.4 Å². The van der Waals surface area contributed by atoms with Crippen molar-refractivity contribution < 1.29 is 4.79 Å². The van der Waals surface area contributed by atoms with Crippen molar-refractivity contribution in [3.05, 3.63) is 55.5 Å². The third-order valence-corrected chi connectivity index (χ3v) is 9.16. The molecule has 162 valence electrons. The Balaban J connectivity index is 1.17. The van der Waals surface area contributed by atoms with E-state index >= 15 is 0 Å². The molecule has 0 bridgehead atoms. The Morgan fingerprint density at radius 2 is 1.94 bits per heavy atom. The number of hydrogen-bond acceptors (Lipinski definition) is 7. The molecule has 0 spiro atoms. The van der Waals surface area contributed by atoms with Gasteiger partial charge in [-0.3, -0.25) is 9.59 Å². The summed E-state index contributed by atoms with van der Waals surface area (Å²) < 4.78 is 0.708. The SMILES string of the molecule is O=C(CSc1nc(=O)c2sc3c(c2[nH]1)CCCC3)Nc1nc2c(s1)CCc1ccccc1-2. The second-order valence-corrected chi connectivity index (χ2v) is 11.2. The van der Waals surface area contributed by atoms with Crippen molar-refractivity contribution in [3.8, 4) is 11.3 Å². The molecular weight excluding hydrogens is 460 g/mol. The lowest BCUT2D eigenvalue weighted by Crippen LogP contribution is -2.15. The van der Waals surface area contributed by atoms with Crippen LogP contribution in [0.15, 0.2) is 34.2 Å². The number of anilines is 1. The molecule has 9 heteroatoms. The van der Waals surface area contributed by atoms with Gasteiger partial charge in [0.25, 0.3) is 5.56 Å². The van der Waals surface area contributed by atoms with Gasteiger partial charge in [0.2, 0.25) is 5.91 Å². The number of H-pyrrole nitrogens is 1. The Labute approximate surface area is 196 Å².